The van der Waals surface area contributed by atoms with Crippen molar-refractivity contribution in [3.63, 3.8) is 0 Å². The van der Waals surface area contributed by atoms with Crippen LogP contribution in [-0.2, 0) is 0 Å². The molecular weight excluding hydrogens is 330 g/mol. The Hall–Kier alpha value is -2.57. The number of rotatable bonds is 6. The van der Waals surface area contributed by atoms with Crippen molar-refractivity contribution in [3.05, 3.63) is 23.8 Å². The number of nitriles is 2. The summed E-state index contributed by atoms with van der Waals surface area (Å²) in [6, 6.07) is 9.80. The molecule has 0 saturated carbocycles. The Labute approximate surface area is 153 Å². The van der Waals surface area contributed by atoms with Crippen molar-refractivity contribution in [1.29, 1.82) is 10.5 Å². The Balaban J connectivity index is 1.54. The third-order valence-electron chi connectivity index (χ3n) is 5.05. The van der Waals surface area contributed by atoms with E-state index in [4.69, 9.17) is 14.7 Å². The summed E-state index contributed by atoms with van der Waals surface area (Å²) >= 11 is 0. The molecular formula is C20H23N3O3. The number of benzene rings is 1. The summed E-state index contributed by atoms with van der Waals surface area (Å²) in [6.07, 6.45) is 2.62. The third kappa shape index (κ3) is 4.33. The molecule has 0 spiro atoms. The van der Waals surface area contributed by atoms with Crippen LogP contribution in [0.4, 0.5) is 0 Å². The van der Waals surface area contributed by atoms with Crippen LogP contribution in [0, 0.1) is 34.5 Å². The maximum atomic E-state index is 12.8. The summed E-state index contributed by atoms with van der Waals surface area (Å²) in [7, 11) is 0. The Kier molecular flexibility index (Phi) is 6.09. The van der Waals surface area contributed by atoms with Crippen LogP contribution >= 0.6 is 0 Å². The molecule has 0 bridgehead atoms. The number of fused-ring (bicyclic) bond motifs is 1. The molecule has 6 nitrogen and oxygen atoms in total. The lowest BCUT2D eigenvalue weighted by atomic mass is 9.88. The first-order valence-electron chi connectivity index (χ1n) is 9.14. The van der Waals surface area contributed by atoms with E-state index in [0.717, 1.165) is 25.9 Å². The van der Waals surface area contributed by atoms with Gasteiger partial charge in [-0.2, -0.15) is 10.5 Å². The fraction of sp³-hybridized carbons (Fsp3) is 0.550. The van der Waals surface area contributed by atoms with Gasteiger partial charge in [-0.05, 0) is 50.6 Å². The molecule has 1 fully saturated rings. The normalized spacial score (nSPS) is 18.5. The van der Waals surface area contributed by atoms with Gasteiger partial charge in [0.25, 0.3) is 0 Å². The highest BCUT2D eigenvalue weighted by Gasteiger charge is 2.27. The SMILES string of the molecule is N#CCC[C@@H](C#N)CN1CCC(C(=O)c2ccc3c(c2)OCCO3)CC1. The third-order valence-corrected chi connectivity index (χ3v) is 5.05. The molecule has 1 aromatic rings. The Morgan fingerprint density at radius 3 is 2.62 bits per heavy atom. The number of hydrogen-bond acceptors (Lipinski definition) is 6. The molecule has 26 heavy (non-hydrogen) atoms. The van der Waals surface area contributed by atoms with Crippen LogP contribution in [0.2, 0.25) is 0 Å². The van der Waals surface area contributed by atoms with Crippen molar-refractivity contribution in [1.82, 2.24) is 4.90 Å². The first-order chi connectivity index (χ1) is 12.7. The minimum absolute atomic E-state index is 0.00783. The monoisotopic (exact) mass is 353 g/mol. The van der Waals surface area contributed by atoms with E-state index in [1.165, 1.54) is 0 Å². The van der Waals surface area contributed by atoms with E-state index in [-0.39, 0.29) is 17.6 Å². The van der Waals surface area contributed by atoms with Gasteiger partial charge in [0.2, 0.25) is 0 Å². The van der Waals surface area contributed by atoms with Crippen molar-refractivity contribution in [2.75, 3.05) is 32.8 Å². The molecule has 1 saturated heterocycles. The molecule has 2 aliphatic rings. The van der Waals surface area contributed by atoms with E-state index in [0.29, 0.717) is 49.7 Å². The lowest BCUT2D eigenvalue weighted by molar-refractivity contribution is 0.0831. The van der Waals surface area contributed by atoms with Gasteiger partial charge in [0.1, 0.15) is 13.2 Å². The number of ketones is 1. The zero-order valence-electron chi connectivity index (χ0n) is 14.8. The van der Waals surface area contributed by atoms with Crippen LogP contribution < -0.4 is 9.47 Å². The largest absolute Gasteiger partial charge is 0.486 e. The second kappa shape index (κ2) is 8.69. The minimum Gasteiger partial charge on any atom is -0.486 e. The molecule has 6 heteroatoms. The number of carbonyl (C=O) groups is 1. The minimum atomic E-state index is -0.111. The van der Waals surface area contributed by atoms with Crippen LogP contribution in [0.5, 0.6) is 11.5 Å². The maximum Gasteiger partial charge on any atom is 0.166 e. The van der Waals surface area contributed by atoms with E-state index in [1.807, 2.05) is 12.1 Å². The Morgan fingerprint density at radius 1 is 1.19 bits per heavy atom. The standard InChI is InChI=1S/C20H23N3O3/c21-7-1-2-15(13-22)14-23-8-5-16(6-9-23)20(24)17-3-4-18-19(12-17)26-11-10-25-18/h3-4,12,15-16H,1-2,5-6,8-11,14H2/t15-/m0/s1. The molecule has 0 unspecified atom stereocenters. The first-order valence-corrected chi connectivity index (χ1v) is 9.14. The highest BCUT2D eigenvalue weighted by molar-refractivity contribution is 5.98. The molecule has 1 aromatic carbocycles. The fourth-order valence-corrected chi connectivity index (χ4v) is 3.56. The highest BCUT2D eigenvalue weighted by atomic mass is 16.6. The Bertz CT molecular complexity index is 727. The molecule has 0 aliphatic carbocycles. The lowest BCUT2D eigenvalue weighted by Gasteiger charge is -2.32. The van der Waals surface area contributed by atoms with Gasteiger partial charge >= 0.3 is 0 Å². The van der Waals surface area contributed by atoms with E-state index in [1.54, 1.807) is 6.07 Å². The van der Waals surface area contributed by atoms with Gasteiger partial charge in [-0.15, -0.1) is 0 Å². The smallest absolute Gasteiger partial charge is 0.166 e. The molecule has 136 valence electrons. The number of carbonyl (C=O) groups excluding carboxylic acids is 1. The number of ether oxygens (including phenoxy) is 2. The predicted octanol–water partition coefficient (Wildman–Crippen LogP) is 2.80. The number of piperidine rings is 1. The van der Waals surface area contributed by atoms with Crippen molar-refractivity contribution >= 4 is 5.78 Å². The molecule has 2 heterocycles. The second-order valence-corrected chi connectivity index (χ2v) is 6.82. The van der Waals surface area contributed by atoms with Crippen molar-refractivity contribution in [2.45, 2.75) is 25.7 Å². The highest BCUT2D eigenvalue weighted by Crippen LogP contribution is 2.32. The number of nitrogens with zero attached hydrogens (tertiary/aromatic N) is 3. The van der Waals surface area contributed by atoms with Gasteiger partial charge < -0.3 is 14.4 Å². The maximum absolute atomic E-state index is 12.8. The van der Waals surface area contributed by atoms with Crippen LogP contribution in [0.15, 0.2) is 18.2 Å². The average molecular weight is 353 g/mol. The van der Waals surface area contributed by atoms with Crippen LogP contribution in [0.1, 0.15) is 36.0 Å². The van der Waals surface area contributed by atoms with E-state index < -0.39 is 0 Å². The zero-order valence-corrected chi connectivity index (χ0v) is 14.8. The lowest BCUT2D eigenvalue weighted by Crippen LogP contribution is -2.39. The summed E-state index contributed by atoms with van der Waals surface area (Å²) in [5.41, 5.74) is 0.677. The van der Waals surface area contributed by atoms with Gasteiger partial charge in [-0.3, -0.25) is 4.79 Å². The average Bonchev–Trinajstić information content (AvgIpc) is 2.70. The Morgan fingerprint density at radius 2 is 1.92 bits per heavy atom. The molecule has 0 N–H and O–H groups in total. The molecule has 1 atom stereocenters. The summed E-state index contributed by atoms with van der Waals surface area (Å²) in [5.74, 6) is 1.40. The van der Waals surface area contributed by atoms with Crippen LogP contribution in [-0.4, -0.2) is 43.5 Å². The summed E-state index contributed by atoms with van der Waals surface area (Å²) in [4.78, 5) is 15.0. The summed E-state index contributed by atoms with van der Waals surface area (Å²) in [5, 5.41) is 17.9. The quantitative estimate of drug-likeness (QED) is 0.731. The molecule has 0 aromatic heterocycles. The number of likely N-dealkylation sites (tertiary alicyclic amines) is 1. The van der Waals surface area contributed by atoms with Gasteiger partial charge in [0, 0.05) is 24.4 Å². The van der Waals surface area contributed by atoms with E-state index in [2.05, 4.69) is 17.0 Å². The van der Waals surface area contributed by atoms with Gasteiger partial charge in [-0.1, -0.05) is 0 Å². The fourth-order valence-electron chi connectivity index (χ4n) is 3.56. The van der Waals surface area contributed by atoms with E-state index in [9.17, 15) is 10.1 Å². The van der Waals surface area contributed by atoms with Crippen molar-refractivity contribution in [2.24, 2.45) is 11.8 Å². The summed E-state index contributed by atoms with van der Waals surface area (Å²) < 4.78 is 11.1. The van der Waals surface area contributed by atoms with E-state index >= 15 is 0 Å². The first kappa shape index (κ1) is 18.2. The molecule has 0 radical (unpaired) electrons. The van der Waals surface area contributed by atoms with Crippen molar-refractivity contribution in [3.8, 4) is 23.6 Å². The van der Waals surface area contributed by atoms with Crippen molar-refractivity contribution < 1.29 is 14.3 Å². The number of Topliss-reactive ketones (excluding diaryl/α,β-unsaturated/α-hetero) is 1. The van der Waals surface area contributed by atoms with Gasteiger partial charge in [-0.25, -0.2) is 0 Å². The molecule has 3 rings (SSSR count). The second-order valence-electron chi connectivity index (χ2n) is 6.82. The van der Waals surface area contributed by atoms with Crippen LogP contribution in [0.3, 0.4) is 0 Å². The zero-order chi connectivity index (χ0) is 18.4. The molecule has 2 aliphatic heterocycles. The number of hydrogen-bond donors (Lipinski definition) is 0. The van der Waals surface area contributed by atoms with Crippen LogP contribution in [0.25, 0.3) is 0 Å². The van der Waals surface area contributed by atoms with Gasteiger partial charge in [0.15, 0.2) is 17.3 Å². The van der Waals surface area contributed by atoms with Gasteiger partial charge in [0.05, 0.1) is 18.1 Å². The summed E-state index contributed by atoms with van der Waals surface area (Å²) in [6.45, 7) is 3.35. The topological polar surface area (TPSA) is 86.4 Å². The molecule has 0 amide bonds. The predicted molar refractivity (Wildman–Crippen MR) is 94.9 cm³/mol.